The minimum Gasteiger partial charge on any atom is -0.493 e. The van der Waals surface area contributed by atoms with Crippen LogP contribution in [0.4, 0.5) is 0 Å². The van der Waals surface area contributed by atoms with E-state index in [0.717, 1.165) is 22.2 Å². The van der Waals surface area contributed by atoms with Crippen LogP contribution in [0, 0.1) is 0 Å². The van der Waals surface area contributed by atoms with E-state index in [1.165, 1.54) is 11.1 Å². The van der Waals surface area contributed by atoms with Crippen LogP contribution in [0.5, 0.6) is 5.75 Å². The molecule has 2 nitrogen and oxygen atoms in total. The minimum absolute atomic E-state index is 0.676. The summed E-state index contributed by atoms with van der Waals surface area (Å²) < 4.78 is 9.04. The summed E-state index contributed by atoms with van der Waals surface area (Å²) in [6, 6.07) is 16.7. The average molecular weight is 330 g/mol. The Balaban J connectivity index is 2.07. The Morgan fingerprint density at radius 2 is 1.85 bits per heavy atom. The third-order valence-corrected chi connectivity index (χ3v) is 3.92. The van der Waals surface area contributed by atoms with E-state index in [-0.39, 0.29) is 0 Å². The molecule has 0 saturated carbocycles. The second-order valence-corrected chi connectivity index (χ2v) is 5.53. The van der Waals surface area contributed by atoms with E-state index in [9.17, 15) is 0 Å². The van der Waals surface area contributed by atoms with Gasteiger partial charge in [-0.1, -0.05) is 36.4 Å². The highest BCUT2D eigenvalue weighted by Crippen LogP contribution is 2.34. The van der Waals surface area contributed by atoms with Crippen LogP contribution in [0.2, 0.25) is 0 Å². The summed E-state index contributed by atoms with van der Waals surface area (Å²) in [6.07, 6.45) is 2.13. The first kappa shape index (κ1) is 13.3. The molecule has 3 heteroatoms. The molecule has 1 heterocycles. The van der Waals surface area contributed by atoms with Crippen LogP contribution in [0.3, 0.4) is 0 Å². The van der Waals surface area contributed by atoms with Crippen LogP contribution in [0.25, 0.3) is 10.9 Å². The monoisotopic (exact) mass is 329 g/mol. The number of nitrogens with zero attached hydrogens (tertiary/aromatic N) is 1. The Labute approximate surface area is 127 Å². The molecule has 2 aromatic carbocycles. The molecular formula is C17H16BrNO. The van der Waals surface area contributed by atoms with Crippen molar-refractivity contribution in [2.45, 2.75) is 13.5 Å². The van der Waals surface area contributed by atoms with Gasteiger partial charge in [0.1, 0.15) is 5.75 Å². The van der Waals surface area contributed by atoms with Crippen LogP contribution in [0.1, 0.15) is 12.5 Å². The summed E-state index contributed by atoms with van der Waals surface area (Å²) in [4.78, 5) is 0. The highest BCUT2D eigenvalue weighted by Gasteiger charge is 2.11. The van der Waals surface area contributed by atoms with Crippen molar-refractivity contribution < 1.29 is 4.74 Å². The summed E-state index contributed by atoms with van der Waals surface area (Å²) >= 11 is 3.65. The third kappa shape index (κ3) is 2.46. The van der Waals surface area contributed by atoms with Gasteiger partial charge in [0.15, 0.2) is 0 Å². The van der Waals surface area contributed by atoms with E-state index in [1.807, 2.05) is 25.1 Å². The fourth-order valence-corrected chi connectivity index (χ4v) is 3.10. The largest absolute Gasteiger partial charge is 0.493 e. The van der Waals surface area contributed by atoms with Crippen molar-refractivity contribution in [2.75, 3.05) is 6.61 Å². The summed E-state index contributed by atoms with van der Waals surface area (Å²) in [5.74, 6) is 0.934. The molecule has 0 fully saturated rings. The van der Waals surface area contributed by atoms with Crippen molar-refractivity contribution in [1.29, 1.82) is 0 Å². The fourth-order valence-electron chi connectivity index (χ4n) is 2.46. The predicted octanol–water partition coefficient (Wildman–Crippen LogP) is 4.85. The maximum atomic E-state index is 5.72. The highest BCUT2D eigenvalue weighted by molar-refractivity contribution is 9.10. The van der Waals surface area contributed by atoms with Gasteiger partial charge in [0.2, 0.25) is 0 Å². The van der Waals surface area contributed by atoms with Gasteiger partial charge < -0.3 is 9.30 Å². The van der Waals surface area contributed by atoms with Gasteiger partial charge in [-0.2, -0.15) is 0 Å². The lowest BCUT2D eigenvalue weighted by Crippen LogP contribution is -1.97. The van der Waals surface area contributed by atoms with Gasteiger partial charge in [-0.15, -0.1) is 0 Å². The number of rotatable bonds is 4. The highest BCUT2D eigenvalue weighted by atomic mass is 79.9. The van der Waals surface area contributed by atoms with Crippen molar-refractivity contribution in [3.8, 4) is 5.75 Å². The minimum atomic E-state index is 0.676. The lowest BCUT2D eigenvalue weighted by molar-refractivity contribution is 0.344. The molecular weight excluding hydrogens is 314 g/mol. The van der Waals surface area contributed by atoms with Crippen LogP contribution in [-0.4, -0.2) is 11.2 Å². The molecule has 0 unspecified atom stereocenters. The molecule has 0 aliphatic heterocycles. The first-order chi connectivity index (χ1) is 9.79. The Bertz CT molecular complexity index is 718. The number of halogens is 1. The van der Waals surface area contributed by atoms with Crippen LogP contribution in [-0.2, 0) is 6.54 Å². The zero-order valence-corrected chi connectivity index (χ0v) is 12.9. The SMILES string of the molecule is CCOc1cccc2c1c(Br)cn2Cc1ccccc1. The predicted molar refractivity (Wildman–Crippen MR) is 86.4 cm³/mol. The summed E-state index contributed by atoms with van der Waals surface area (Å²) in [7, 11) is 0. The summed E-state index contributed by atoms with van der Waals surface area (Å²) in [5, 5.41) is 1.14. The molecule has 1 aromatic heterocycles. The maximum absolute atomic E-state index is 5.72. The number of hydrogen-bond acceptors (Lipinski definition) is 1. The van der Waals surface area contributed by atoms with Gasteiger partial charge in [0.25, 0.3) is 0 Å². The Hall–Kier alpha value is -1.74. The normalized spacial score (nSPS) is 10.9. The van der Waals surface area contributed by atoms with E-state index < -0.39 is 0 Å². The molecule has 102 valence electrons. The molecule has 0 aliphatic rings. The van der Waals surface area contributed by atoms with Crippen LogP contribution >= 0.6 is 15.9 Å². The molecule has 0 bridgehead atoms. The smallest absolute Gasteiger partial charge is 0.129 e. The van der Waals surface area contributed by atoms with E-state index in [4.69, 9.17) is 4.74 Å². The fraction of sp³-hybridized carbons (Fsp3) is 0.176. The van der Waals surface area contributed by atoms with Gasteiger partial charge in [-0.05, 0) is 40.5 Å². The lowest BCUT2D eigenvalue weighted by atomic mass is 10.2. The van der Waals surface area contributed by atoms with Gasteiger partial charge in [-0.3, -0.25) is 0 Å². The Kier molecular flexibility index (Phi) is 3.79. The van der Waals surface area contributed by atoms with Crippen molar-refractivity contribution in [3.05, 3.63) is 64.8 Å². The number of aromatic nitrogens is 1. The lowest BCUT2D eigenvalue weighted by Gasteiger charge is -2.08. The summed E-state index contributed by atoms with van der Waals surface area (Å²) in [5.41, 5.74) is 2.48. The van der Waals surface area contributed by atoms with Gasteiger partial charge >= 0.3 is 0 Å². The Morgan fingerprint density at radius 3 is 2.60 bits per heavy atom. The first-order valence-electron chi connectivity index (χ1n) is 6.73. The second kappa shape index (κ2) is 5.71. The van der Waals surface area contributed by atoms with Gasteiger partial charge in [-0.25, -0.2) is 0 Å². The average Bonchev–Trinajstić information content (AvgIpc) is 2.78. The van der Waals surface area contributed by atoms with Crippen molar-refractivity contribution in [2.24, 2.45) is 0 Å². The molecule has 3 aromatic rings. The van der Waals surface area contributed by atoms with Crippen molar-refractivity contribution in [3.63, 3.8) is 0 Å². The molecule has 20 heavy (non-hydrogen) atoms. The first-order valence-corrected chi connectivity index (χ1v) is 7.53. The Morgan fingerprint density at radius 1 is 1.05 bits per heavy atom. The molecule has 0 spiro atoms. The quantitative estimate of drug-likeness (QED) is 0.667. The molecule has 0 saturated heterocycles. The summed E-state index contributed by atoms with van der Waals surface area (Å²) in [6.45, 7) is 3.54. The van der Waals surface area contributed by atoms with Crippen LogP contribution < -0.4 is 4.74 Å². The molecule has 0 aliphatic carbocycles. The molecule has 0 atom stereocenters. The molecule has 0 radical (unpaired) electrons. The number of ether oxygens (including phenoxy) is 1. The van der Waals surface area contributed by atoms with Crippen LogP contribution in [0.15, 0.2) is 59.2 Å². The third-order valence-electron chi connectivity index (χ3n) is 3.32. The number of benzene rings is 2. The number of hydrogen-bond donors (Lipinski definition) is 0. The van der Waals surface area contributed by atoms with E-state index in [2.05, 4.69) is 57.0 Å². The zero-order valence-electron chi connectivity index (χ0n) is 11.3. The van der Waals surface area contributed by atoms with E-state index >= 15 is 0 Å². The topological polar surface area (TPSA) is 14.2 Å². The van der Waals surface area contributed by atoms with Gasteiger partial charge in [0.05, 0.1) is 17.5 Å². The van der Waals surface area contributed by atoms with E-state index in [0.29, 0.717) is 6.61 Å². The standard InChI is InChI=1S/C17H16BrNO/c1-2-20-16-10-6-9-15-17(16)14(18)12-19(15)11-13-7-4-3-5-8-13/h3-10,12H,2,11H2,1H3. The molecule has 0 N–H and O–H groups in total. The van der Waals surface area contributed by atoms with Crippen molar-refractivity contribution in [1.82, 2.24) is 4.57 Å². The van der Waals surface area contributed by atoms with E-state index in [1.54, 1.807) is 0 Å². The second-order valence-electron chi connectivity index (χ2n) is 4.67. The van der Waals surface area contributed by atoms with Gasteiger partial charge in [0, 0.05) is 17.2 Å². The maximum Gasteiger partial charge on any atom is 0.129 e. The van der Waals surface area contributed by atoms with Crippen molar-refractivity contribution >= 4 is 26.8 Å². The molecule has 0 amide bonds. The zero-order chi connectivity index (χ0) is 13.9. The molecule has 3 rings (SSSR count). The number of fused-ring (bicyclic) bond motifs is 1.